The van der Waals surface area contributed by atoms with Gasteiger partial charge in [0.2, 0.25) is 15.9 Å². The number of hydrogen-bond donors (Lipinski definition) is 2. The third kappa shape index (κ3) is 5.46. The molecule has 1 aromatic carbocycles. The van der Waals surface area contributed by atoms with E-state index in [-0.39, 0.29) is 14.8 Å². The number of nitrogens with zero attached hydrogens (tertiary/aromatic N) is 1. The Kier molecular flexibility index (Phi) is 7.30. The van der Waals surface area contributed by atoms with Gasteiger partial charge in [0.25, 0.3) is 10.0 Å². The van der Waals surface area contributed by atoms with Crippen molar-refractivity contribution in [2.75, 3.05) is 18.4 Å². The highest BCUT2D eigenvalue weighted by Crippen LogP contribution is 2.23. The predicted molar refractivity (Wildman–Crippen MR) is 116 cm³/mol. The Bertz CT molecular complexity index is 1070. The van der Waals surface area contributed by atoms with Crippen LogP contribution in [0, 0.1) is 0 Å². The van der Waals surface area contributed by atoms with E-state index in [1.807, 2.05) is 0 Å². The van der Waals surface area contributed by atoms with Crippen LogP contribution in [0.25, 0.3) is 0 Å². The van der Waals surface area contributed by atoms with Crippen molar-refractivity contribution in [2.24, 2.45) is 0 Å². The number of sulfonamides is 2. The van der Waals surface area contributed by atoms with Crippen molar-refractivity contribution < 1.29 is 21.6 Å². The second kappa shape index (κ2) is 9.56. The highest BCUT2D eigenvalue weighted by atomic mass is 32.2. The van der Waals surface area contributed by atoms with Crippen molar-refractivity contribution >= 4 is 43.0 Å². The fraction of sp³-hybridized carbons (Fsp3) is 0.421. The molecule has 3 rings (SSSR count). The molecule has 2 N–H and O–H groups in total. The van der Waals surface area contributed by atoms with Gasteiger partial charge in [0.15, 0.2) is 0 Å². The van der Waals surface area contributed by atoms with Crippen molar-refractivity contribution in [3.63, 3.8) is 0 Å². The maximum atomic E-state index is 13.0. The normalized spacial score (nSPS) is 17.2. The van der Waals surface area contributed by atoms with Crippen molar-refractivity contribution in [2.45, 2.75) is 47.8 Å². The quantitative estimate of drug-likeness (QED) is 0.645. The lowest BCUT2D eigenvalue weighted by atomic mass is 10.2. The van der Waals surface area contributed by atoms with E-state index in [1.165, 1.54) is 29.4 Å². The van der Waals surface area contributed by atoms with Crippen LogP contribution < -0.4 is 10.0 Å². The molecule has 1 aliphatic heterocycles. The molecule has 8 nitrogen and oxygen atoms in total. The van der Waals surface area contributed by atoms with Crippen LogP contribution in [0.1, 0.15) is 32.6 Å². The van der Waals surface area contributed by atoms with Crippen LogP contribution in [0.2, 0.25) is 0 Å². The zero-order chi connectivity index (χ0) is 21.8. The summed E-state index contributed by atoms with van der Waals surface area (Å²) in [6.07, 6.45) is 3.69. The van der Waals surface area contributed by atoms with Gasteiger partial charge in [-0.05, 0) is 49.4 Å². The molecule has 164 valence electrons. The molecule has 0 bridgehead atoms. The number of carbonyl (C=O) groups is 1. The summed E-state index contributed by atoms with van der Waals surface area (Å²) in [7, 11) is -7.45. The molecule has 0 radical (unpaired) electrons. The van der Waals surface area contributed by atoms with Gasteiger partial charge in [0, 0.05) is 18.8 Å². The van der Waals surface area contributed by atoms with Crippen LogP contribution in [0.3, 0.4) is 0 Å². The fourth-order valence-corrected chi connectivity index (χ4v) is 6.95. The highest BCUT2D eigenvalue weighted by molar-refractivity contribution is 7.91. The molecule has 0 aliphatic carbocycles. The van der Waals surface area contributed by atoms with E-state index in [0.717, 1.165) is 37.0 Å². The molecule has 1 atom stereocenters. The Hall–Kier alpha value is -1.79. The van der Waals surface area contributed by atoms with Gasteiger partial charge >= 0.3 is 0 Å². The van der Waals surface area contributed by atoms with Crippen LogP contribution in [0.15, 0.2) is 50.9 Å². The molecule has 0 saturated carbocycles. The molecular formula is C19H25N3O5S3. The Labute approximate surface area is 181 Å². The SMILES string of the molecule is CC(NS(=O)(=O)c1cccs1)C(=O)Nc1cccc(S(=O)(=O)N2CCCCCC2)c1. The van der Waals surface area contributed by atoms with Crippen LogP contribution in [0.5, 0.6) is 0 Å². The molecular weight excluding hydrogens is 446 g/mol. The predicted octanol–water partition coefficient (Wildman–Crippen LogP) is 2.62. The van der Waals surface area contributed by atoms with Crippen LogP contribution in [-0.2, 0) is 24.8 Å². The number of nitrogens with one attached hydrogen (secondary N) is 2. The lowest BCUT2D eigenvalue weighted by molar-refractivity contribution is -0.117. The number of carbonyl (C=O) groups excluding carboxylic acids is 1. The molecule has 1 saturated heterocycles. The first-order valence-corrected chi connectivity index (χ1v) is 13.5. The van der Waals surface area contributed by atoms with E-state index < -0.39 is 32.0 Å². The number of rotatable bonds is 7. The van der Waals surface area contributed by atoms with E-state index in [9.17, 15) is 21.6 Å². The van der Waals surface area contributed by atoms with Crippen molar-refractivity contribution in [1.82, 2.24) is 9.03 Å². The molecule has 1 aromatic heterocycles. The van der Waals surface area contributed by atoms with Gasteiger partial charge in [-0.2, -0.15) is 9.03 Å². The number of benzene rings is 1. The minimum atomic E-state index is -3.80. The zero-order valence-electron chi connectivity index (χ0n) is 16.6. The smallest absolute Gasteiger partial charge is 0.250 e. The average Bonchev–Trinajstić information content (AvgIpc) is 3.11. The number of hydrogen-bond acceptors (Lipinski definition) is 6. The van der Waals surface area contributed by atoms with Crippen LogP contribution >= 0.6 is 11.3 Å². The molecule has 1 fully saturated rings. The van der Waals surface area contributed by atoms with Gasteiger partial charge in [-0.3, -0.25) is 4.79 Å². The summed E-state index contributed by atoms with van der Waals surface area (Å²) in [6.45, 7) is 2.40. The summed E-state index contributed by atoms with van der Waals surface area (Å²) < 4.78 is 54.4. The van der Waals surface area contributed by atoms with Gasteiger partial charge in [0.1, 0.15) is 4.21 Å². The van der Waals surface area contributed by atoms with Gasteiger partial charge in [0.05, 0.1) is 10.9 Å². The Morgan fingerprint density at radius 3 is 2.37 bits per heavy atom. The molecule has 11 heteroatoms. The summed E-state index contributed by atoms with van der Waals surface area (Å²) in [5.74, 6) is -0.584. The topological polar surface area (TPSA) is 113 Å². The minimum Gasteiger partial charge on any atom is -0.325 e. The van der Waals surface area contributed by atoms with E-state index in [1.54, 1.807) is 23.6 Å². The van der Waals surface area contributed by atoms with E-state index in [0.29, 0.717) is 13.1 Å². The van der Waals surface area contributed by atoms with E-state index >= 15 is 0 Å². The van der Waals surface area contributed by atoms with E-state index in [2.05, 4.69) is 10.0 Å². The lowest BCUT2D eigenvalue weighted by Crippen LogP contribution is -2.41. The lowest BCUT2D eigenvalue weighted by Gasteiger charge is -2.20. The standard InChI is InChI=1S/C19H25N3O5S3/c1-15(21-29(24,25)18-10-7-13-28-18)19(23)20-16-8-6-9-17(14-16)30(26,27)22-11-4-2-3-5-12-22/h6-10,13-15,21H,2-5,11-12H2,1H3,(H,20,23). The largest absolute Gasteiger partial charge is 0.325 e. The first-order chi connectivity index (χ1) is 14.2. The molecule has 2 heterocycles. The van der Waals surface area contributed by atoms with Crippen LogP contribution in [0.4, 0.5) is 5.69 Å². The molecule has 0 spiro atoms. The molecule has 2 aromatic rings. The first kappa shape index (κ1) is 22.9. The molecule has 30 heavy (non-hydrogen) atoms. The Morgan fingerprint density at radius 1 is 1.03 bits per heavy atom. The van der Waals surface area contributed by atoms with Crippen LogP contribution in [-0.4, -0.2) is 46.2 Å². The van der Waals surface area contributed by atoms with Gasteiger partial charge < -0.3 is 5.32 Å². The number of thiophene rings is 1. The molecule has 1 amide bonds. The third-order valence-corrected chi connectivity index (χ3v) is 9.62. The molecule has 1 unspecified atom stereocenters. The van der Waals surface area contributed by atoms with Gasteiger partial charge in [-0.25, -0.2) is 16.8 Å². The Balaban J connectivity index is 1.70. The summed E-state index contributed by atoms with van der Waals surface area (Å²) in [4.78, 5) is 12.6. The number of amides is 1. The average molecular weight is 472 g/mol. The summed E-state index contributed by atoms with van der Waals surface area (Å²) in [6, 6.07) is 8.05. The second-order valence-electron chi connectivity index (χ2n) is 7.11. The maximum absolute atomic E-state index is 13.0. The van der Waals surface area contributed by atoms with Gasteiger partial charge in [-0.1, -0.05) is 25.0 Å². The fourth-order valence-electron chi connectivity index (χ4n) is 3.18. The summed E-state index contributed by atoms with van der Waals surface area (Å²) >= 11 is 1.05. The first-order valence-electron chi connectivity index (χ1n) is 9.67. The minimum absolute atomic E-state index is 0.106. The second-order valence-corrected chi connectivity index (χ2v) is 11.9. The monoisotopic (exact) mass is 471 g/mol. The summed E-state index contributed by atoms with van der Waals surface area (Å²) in [5, 5.41) is 4.23. The van der Waals surface area contributed by atoms with Crippen molar-refractivity contribution in [3.8, 4) is 0 Å². The Morgan fingerprint density at radius 2 is 1.73 bits per heavy atom. The number of anilines is 1. The maximum Gasteiger partial charge on any atom is 0.250 e. The zero-order valence-corrected chi connectivity index (χ0v) is 19.0. The van der Waals surface area contributed by atoms with Gasteiger partial charge in [-0.15, -0.1) is 11.3 Å². The summed E-state index contributed by atoms with van der Waals surface area (Å²) in [5.41, 5.74) is 0.290. The van der Waals surface area contributed by atoms with Crippen molar-refractivity contribution in [1.29, 1.82) is 0 Å². The third-order valence-electron chi connectivity index (χ3n) is 4.79. The van der Waals surface area contributed by atoms with E-state index in [4.69, 9.17) is 0 Å². The van der Waals surface area contributed by atoms with Crippen molar-refractivity contribution in [3.05, 3.63) is 41.8 Å². The molecule has 1 aliphatic rings. The highest BCUT2D eigenvalue weighted by Gasteiger charge is 2.26.